The number of nitrogens with zero attached hydrogens (tertiary/aromatic N) is 4. The monoisotopic (exact) mass is 1190 g/mol. The van der Waals surface area contributed by atoms with Crippen LogP contribution in [0.5, 0.6) is 11.5 Å². The second-order valence-corrected chi connectivity index (χ2v) is 27.3. The van der Waals surface area contributed by atoms with Crippen LogP contribution in [0.1, 0.15) is 170 Å². The molecule has 0 saturated carbocycles. The molecule has 6 aromatic carbocycles. The van der Waals surface area contributed by atoms with Crippen LogP contribution in [0.15, 0.2) is 151 Å². The second kappa shape index (κ2) is 19.8. The molecule has 0 aliphatic carbocycles. The summed E-state index contributed by atoms with van der Waals surface area (Å²) >= 11 is 0. The molecule has 6 heteroatoms. The van der Waals surface area contributed by atoms with E-state index in [1.54, 1.807) is 0 Å². The van der Waals surface area contributed by atoms with Crippen LogP contribution >= 0.6 is 0 Å². The Morgan fingerprint density at radius 3 is 1.47 bits per heavy atom. The first kappa shape index (κ1) is 56.3. The van der Waals surface area contributed by atoms with Gasteiger partial charge in [0, 0.05) is 83.0 Å². The minimum absolute atomic E-state index is 0. The predicted octanol–water partition coefficient (Wildman–Crippen LogP) is 18.9. The summed E-state index contributed by atoms with van der Waals surface area (Å²) < 4.78 is 9.32. The fourth-order valence-electron chi connectivity index (χ4n) is 10.7. The molecule has 0 saturated heterocycles. The van der Waals surface area contributed by atoms with Gasteiger partial charge < -0.3 is 19.1 Å². The molecule has 0 N–H and O–H groups in total. The third-order valence-electron chi connectivity index (χ3n) is 15.5. The molecule has 1 aliphatic rings. The molecule has 0 amide bonds. The number of hydrogen-bond donors (Lipinski definition) is 0. The molecule has 0 fully saturated rings. The van der Waals surface area contributed by atoms with Crippen molar-refractivity contribution in [1.29, 1.82) is 0 Å². The molecule has 0 radical (unpaired) electrons. The molecule has 1 aliphatic heterocycles. The molecule has 76 heavy (non-hydrogen) atoms. The van der Waals surface area contributed by atoms with Crippen LogP contribution in [0.4, 0.5) is 11.4 Å². The molecule has 0 atom stereocenters. The minimum atomic E-state index is -0.283. The molecule has 9 rings (SSSR count). The number of allylic oxidation sites excluding steroid dienone is 2. The van der Waals surface area contributed by atoms with E-state index >= 15 is 0 Å². The Hall–Kier alpha value is -5.90. The number of anilines is 2. The number of aromatic nitrogens is 2. The van der Waals surface area contributed by atoms with Crippen molar-refractivity contribution in [3.8, 4) is 17.3 Å². The van der Waals surface area contributed by atoms with Gasteiger partial charge in [0.2, 0.25) is 0 Å². The van der Waals surface area contributed by atoms with E-state index in [0.717, 1.165) is 39.2 Å². The van der Waals surface area contributed by atoms with E-state index in [2.05, 4.69) is 298 Å². The minimum Gasteiger partial charge on any atom is -0.509 e. The smallest absolute Gasteiger partial charge is 0.135 e. The number of rotatable bonds is 9. The van der Waals surface area contributed by atoms with E-state index in [1.807, 2.05) is 6.20 Å². The number of pyridine rings is 1. The van der Waals surface area contributed by atoms with E-state index in [9.17, 15) is 0 Å². The maximum Gasteiger partial charge on any atom is 0.135 e. The van der Waals surface area contributed by atoms with Crippen LogP contribution in [0.2, 0.25) is 0 Å². The Balaban J connectivity index is 0.00000765. The fraction of sp³-hybridized carbons (Fsp3) is 0.371. The summed E-state index contributed by atoms with van der Waals surface area (Å²) in [5, 5.41) is 2.27. The SMILES string of the molecule is CC(C)(C)C1=C(C(C)(C)C)N(c2cc(C(C)(C)c3ccccc3)cc(C(C)(C)c3ccccc3)c2)[CH-]N1c1[c-]c(Oc2[c-]c3c(cc2)c2cc(C(C)(C)C)ccc2n3-c2cc(C(C)(C)C)ccn2)cc(C(C)(C)C)c1.[Pt]. The Bertz CT molecular complexity index is 3380. The van der Waals surface area contributed by atoms with Crippen molar-refractivity contribution in [1.82, 2.24) is 9.55 Å². The van der Waals surface area contributed by atoms with Crippen molar-refractivity contribution in [3.63, 3.8) is 0 Å². The van der Waals surface area contributed by atoms with Crippen LogP contribution < -0.4 is 14.5 Å². The van der Waals surface area contributed by atoms with Crippen LogP contribution in [-0.2, 0) is 48.1 Å². The van der Waals surface area contributed by atoms with Crippen molar-refractivity contribution >= 4 is 33.2 Å². The summed E-state index contributed by atoms with van der Waals surface area (Å²) in [4.78, 5) is 9.86. The zero-order valence-corrected chi connectivity index (χ0v) is 51.1. The quantitative estimate of drug-likeness (QED) is 0.135. The largest absolute Gasteiger partial charge is 0.509 e. The number of hydrogen-bond acceptors (Lipinski definition) is 4. The van der Waals surface area contributed by atoms with Gasteiger partial charge in [-0.1, -0.05) is 216 Å². The van der Waals surface area contributed by atoms with Crippen LogP contribution in [0, 0.1) is 29.6 Å². The van der Waals surface area contributed by atoms with Gasteiger partial charge in [-0.15, -0.1) is 53.6 Å². The second-order valence-electron chi connectivity index (χ2n) is 27.3. The van der Waals surface area contributed by atoms with Crippen molar-refractivity contribution in [2.75, 3.05) is 9.80 Å². The van der Waals surface area contributed by atoms with Gasteiger partial charge >= 0.3 is 0 Å². The van der Waals surface area contributed by atoms with Crippen molar-refractivity contribution in [3.05, 3.63) is 209 Å². The first-order valence-corrected chi connectivity index (χ1v) is 27.0. The average molecular weight is 1190 g/mol. The van der Waals surface area contributed by atoms with E-state index in [4.69, 9.17) is 9.72 Å². The van der Waals surface area contributed by atoms with Crippen LogP contribution in [-0.4, -0.2) is 9.55 Å². The van der Waals surface area contributed by atoms with Crippen molar-refractivity contribution in [2.24, 2.45) is 10.8 Å². The normalized spacial score (nSPS) is 14.2. The molecule has 400 valence electrons. The summed E-state index contributed by atoms with van der Waals surface area (Å²) in [6.45, 7) is 46.2. The summed E-state index contributed by atoms with van der Waals surface area (Å²) in [5.74, 6) is 2.11. The van der Waals surface area contributed by atoms with Crippen LogP contribution in [0.25, 0.3) is 27.6 Å². The first-order chi connectivity index (χ1) is 34.8. The van der Waals surface area contributed by atoms with E-state index < -0.39 is 0 Å². The molecule has 2 aromatic heterocycles. The number of ether oxygens (including phenoxy) is 1. The predicted molar refractivity (Wildman–Crippen MR) is 318 cm³/mol. The summed E-state index contributed by atoms with van der Waals surface area (Å²) in [6.07, 6.45) is 1.93. The standard InChI is InChI=1S/C70H81N4O.Pt/c1-64(2,3)48-30-33-59-58(41-48)57-32-31-55(44-60(57)74(59)61-42-49(34-35-71-61)65(4,5)6)75-56-40-50(66(7,8)9)37-54(43-56)73-45-72(62(67(10,11)12)63(73)68(13,14)15)53-38-51(69(16,17)46-26-22-20-23-27-46)36-52(39-53)70(18,19)47-28-24-21-25-29-47;/h20-42,45H,1-19H3;/q-3;. The van der Waals surface area contributed by atoms with Gasteiger partial charge in [0.1, 0.15) is 5.82 Å². The molecule has 0 unspecified atom stereocenters. The topological polar surface area (TPSA) is 33.5 Å². The number of benzene rings is 6. The zero-order valence-electron chi connectivity index (χ0n) is 48.9. The van der Waals surface area contributed by atoms with Gasteiger partial charge in [-0.25, -0.2) is 4.98 Å². The molecule has 0 spiro atoms. The van der Waals surface area contributed by atoms with Gasteiger partial charge in [0.25, 0.3) is 0 Å². The van der Waals surface area contributed by atoms with Gasteiger partial charge in [-0.05, 0) is 85.3 Å². The molecule has 0 bridgehead atoms. The van der Waals surface area contributed by atoms with E-state index in [0.29, 0.717) is 11.5 Å². The van der Waals surface area contributed by atoms with Crippen molar-refractivity contribution in [2.45, 2.75) is 159 Å². The third-order valence-corrected chi connectivity index (χ3v) is 15.5. The molecule has 5 nitrogen and oxygen atoms in total. The van der Waals surface area contributed by atoms with E-state index in [1.165, 1.54) is 50.2 Å². The molecule has 3 heterocycles. The summed E-state index contributed by atoms with van der Waals surface area (Å²) in [7, 11) is 0. The Kier molecular flexibility index (Phi) is 14.7. The van der Waals surface area contributed by atoms with Crippen molar-refractivity contribution < 1.29 is 25.8 Å². The molecular formula is C70H81N4OPt-3. The van der Waals surface area contributed by atoms with Gasteiger partial charge in [-0.2, -0.15) is 6.07 Å². The Morgan fingerprint density at radius 1 is 0.421 bits per heavy atom. The first-order valence-electron chi connectivity index (χ1n) is 27.0. The summed E-state index contributed by atoms with van der Waals surface area (Å²) in [6, 6.07) is 56.7. The van der Waals surface area contributed by atoms with Gasteiger partial charge in [0.15, 0.2) is 0 Å². The number of fused-ring (bicyclic) bond motifs is 3. The molecular weight excluding hydrogens is 1110 g/mol. The maximum atomic E-state index is 7.07. The van der Waals surface area contributed by atoms with E-state index in [-0.39, 0.29) is 59.0 Å². The fourth-order valence-corrected chi connectivity index (χ4v) is 10.7. The van der Waals surface area contributed by atoms with Gasteiger partial charge in [0.05, 0.1) is 0 Å². The maximum absolute atomic E-state index is 7.07. The molecule has 8 aromatic rings. The zero-order chi connectivity index (χ0) is 54.4. The average Bonchev–Trinajstić information content (AvgIpc) is 3.92. The van der Waals surface area contributed by atoms with Gasteiger partial charge in [-0.3, -0.25) is 0 Å². The Labute approximate surface area is 471 Å². The summed E-state index contributed by atoms with van der Waals surface area (Å²) in [5.41, 5.74) is 13.9. The third kappa shape index (κ3) is 10.9. The Morgan fingerprint density at radius 2 is 0.947 bits per heavy atom. The van der Waals surface area contributed by atoms with Crippen LogP contribution in [0.3, 0.4) is 0 Å².